The van der Waals surface area contributed by atoms with E-state index in [9.17, 15) is 10.0 Å². The number of oxime groups is 1. The molecule has 0 aromatic rings. The van der Waals surface area contributed by atoms with Gasteiger partial charge in [-0.25, -0.2) is 0 Å². The molecule has 2 saturated carbocycles. The summed E-state index contributed by atoms with van der Waals surface area (Å²) in [6, 6.07) is 0. The zero-order valence-corrected chi connectivity index (χ0v) is 15.8. The van der Waals surface area contributed by atoms with Crippen molar-refractivity contribution in [2.75, 3.05) is 0 Å². The standard InChI is InChI=1S/C22H29NO3/c1-20-9-5-15(23-25)13-14(20)3-4-16-17(20)6-10-21(2)18(16)7-11-22(21)12-8-19(24)26-22/h3-4,13,16-18,25H,5-12H2,1-2H3/b23-15+/t16-,17+,18+,20-,21+,22+/m0/s1. The van der Waals surface area contributed by atoms with E-state index in [0.29, 0.717) is 24.2 Å². The number of allylic oxidation sites excluding steroid dienone is 4. The molecule has 5 rings (SSSR count). The van der Waals surface area contributed by atoms with E-state index in [1.54, 1.807) is 0 Å². The monoisotopic (exact) mass is 355 g/mol. The number of rotatable bonds is 0. The Kier molecular flexibility index (Phi) is 3.34. The van der Waals surface area contributed by atoms with Crippen LogP contribution in [0.4, 0.5) is 0 Å². The molecule has 4 nitrogen and oxygen atoms in total. The molecule has 5 aliphatic rings. The van der Waals surface area contributed by atoms with Gasteiger partial charge in [-0.2, -0.15) is 0 Å². The first-order chi connectivity index (χ1) is 12.4. The minimum Gasteiger partial charge on any atom is -0.458 e. The summed E-state index contributed by atoms with van der Waals surface area (Å²) in [7, 11) is 0. The van der Waals surface area contributed by atoms with Gasteiger partial charge in [-0.3, -0.25) is 4.79 Å². The fourth-order valence-electron chi connectivity index (χ4n) is 7.38. The molecule has 6 atom stereocenters. The van der Waals surface area contributed by atoms with Gasteiger partial charge in [0.05, 0.1) is 5.71 Å². The molecule has 1 aliphatic heterocycles. The van der Waals surface area contributed by atoms with Gasteiger partial charge < -0.3 is 9.94 Å². The third-order valence-electron chi connectivity index (χ3n) is 8.99. The van der Waals surface area contributed by atoms with E-state index in [0.717, 1.165) is 37.8 Å². The van der Waals surface area contributed by atoms with Gasteiger partial charge in [-0.1, -0.05) is 31.2 Å². The van der Waals surface area contributed by atoms with Gasteiger partial charge in [0.2, 0.25) is 0 Å². The second-order valence-electron chi connectivity index (χ2n) is 9.72. The number of carbonyl (C=O) groups excluding carboxylic acids is 1. The number of hydrogen-bond acceptors (Lipinski definition) is 4. The van der Waals surface area contributed by atoms with Crippen LogP contribution < -0.4 is 0 Å². The summed E-state index contributed by atoms with van der Waals surface area (Å²) in [5.74, 6) is 1.83. The van der Waals surface area contributed by atoms with Gasteiger partial charge in [-0.15, -0.1) is 0 Å². The van der Waals surface area contributed by atoms with Crippen molar-refractivity contribution in [3.8, 4) is 0 Å². The lowest BCUT2D eigenvalue weighted by molar-refractivity contribution is -0.165. The summed E-state index contributed by atoms with van der Waals surface area (Å²) in [5.41, 5.74) is 2.24. The highest BCUT2D eigenvalue weighted by Crippen LogP contribution is 2.68. The summed E-state index contributed by atoms with van der Waals surface area (Å²) >= 11 is 0. The largest absolute Gasteiger partial charge is 0.458 e. The van der Waals surface area contributed by atoms with Gasteiger partial charge >= 0.3 is 5.97 Å². The van der Waals surface area contributed by atoms with Gasteiger partial charge in [0.25, 0.3) is 0 Å². The molecular formula is C22H29NO3. The van der Waals surface area contributed by atoms with E-state index in [1.807, 2.05) is 0 Å². The number of esters is 1. The van der Waals surface area contributed by atoms with Crippen molar-refractivity contribution in [2.45, 2.75) is 70.8 Å². The molecular weight excluding hydrogens is 326 g/mol. The molecule has 1 spiro atoms. The Bertz CT molecular complexity index is 752. The zero-order valence-electron chi connectivity index (χ0n) is 15.8. The van der Waals surface area contributed by atoms with Crippen LogP contribution in [0.2, 0.25) is 0 Å². The fraction of sp³-hybridized carbons (Fsp3) is 0.727. The molecule has 140 valence electrons. The van der Waals surface area contributed by atoms with E-state index >= 15 is 0 Å². The molecule has 0 amide bonds. The SMILES string of the molecule is C[C@]12CC/C(=N\O)C=C1C=C[C@H]1[C@H]2CC[C@]2(C)[C@@H]1CC[C@@]21CCC(=O)O1. The molecule has 1 saturated heterocycles. The summed E-state index contributed by atoms with van der Waals surface area (Å²) < 4.78 is 6.00. The molecule has 0 aromatic heterocycles. The number of carbonyl (C=O) groups is 1. The van der Waals surface area contributed by atoms with E-state index in [1.165, 1.54) is 18.4 Å². The first kappa shape index (κ1) is 16.6. The first-order valence-electron chi connectivity index (χ1n) is 10.3. The van der Waals surface area contributed by atoms with Crippen LogP contribution in [0.15, 0.2) is 29.0 Å². The molecule has 4 aliphatic carbocycles. The molecule has 0 aromatic carbocycles. The van der Waals surface area contributed by atoms with Crippen molar-refractivity contribution in [2.24, 2.45) is 33.7 Å². The Labute approximate surface area is 155 Å². The van der Waals surface area contributed by atoms with Crippen LogP contribution in [0.3, 0.4) is 0 Å². The lowest BCUT2D eigenvalue weighted by Crippen LogP contribution is -2.53. The minimum atomic E-state index is -0.201. The van der Waals surface area contributed by atoms with Crippen LogP contribution in [0.1, 0.15) is 65.2 Å². The summed E-state index contributed by atoms with van der Waals surface area (Å²) in [6.07, 6.45) is 14.8. The van der Waals surface area contributed by atoms with Crippen molar-refractivity contribution in [1.82, 2.24) is 0 Å². The Morgan fingerprint density at radius 2 is 1.92 bits per heavy atom. The Morgan fingerprint density at radius 3 is 2.65 bits per heavy atom. The van der Waals surface area contributed by atoms with E-state index in [-0.39, 0.29) is 22.4 Å². The molecule has 0 radical (unpaired) electrons. The normalized spacial score (nSPS) is 51.0. The van der Waals surface area contributed by atoms with Crippen LogP contribution in [-0.4, -0.2) is 22.5 Å². The van der Waals surface area contributed by atoms with Crippen LogP contribution in [-0.2, 0) is 9.53 Å². The van der Waals surface area contributed by atoms with Gasteiger partial charge in [0.1, 0.15) is 5.60 Å². The average Bonchev–Trinajstić information content (AvgIpc) is 3.15. The molecule has 1 heterocycles. The maximum Gasteiger partial charge on any atom is 0.306 e. The van der Waals surface area contributed by atoms with Crippen LogP contribution in [0, 0.1) is 28.6 Å². The van der Waals surface area contributed by atoms with Gasteiger partial charge in [0, 0.05) is 11.8 Å². The number of hydrogen-bond donors (Lipinski definition) is 1. The Morgan fingerprint density at radius 1 is 1.12 bits per heavy atom. The molecule has 1 N–H and O–H groups in total. The average molecular weight is 355 g/mol. The summed E-state index contributed by atoms with van der Waals surface area (Å²) in [4.78, 5) is 11.9. The second-order valence-corrected chi connectivity index (χ2v) is 9.72. The predicted octanol–water partition coefficient (Wildman–Crippen LogP) is 4.63. The topological polar surface area (TPSA) is 58.9 Å². The molecule has 3 fully saturated rings. The second kappa shape index (κ2) is 5.24. The Balaban J connectivity index is 1.52. The molecule has 0 bridgehead atoms. The van der Waals surface area contributed by atoms with Gasteiger partial charge in [-0.05, 0) is 79.8 Å². The zero-order chi connectivity index (χ0) is 18.2. The fourth-order valence-corrected chi connectivity index (χ4v) is 7.38. The number of fused-ring (bicyclic) bond motifs is 6. The predicted molar refractivity (Wildman–Crippen MR) is 98.9 cm³/mol. The maximum atomic E-state index is 11.9. The Hall–Kier alpha value is -1.58. The summed E-state index contributed by atoms with van der Waals surface area (Å²) in [6.45, 7) is 4.82. The van der Waals surface area contributed by atoms with Crippen LogP contribution in [0.25, 0.3) is 0 Å². The van der Waals surface area contributed by atoms with E-state index in [2.05, 4.69) is 37.2 Å². The maximum absolute atomic E-state index is 11.9. The summed E-state index contributed by atoms with van der Waals surface area (Å²) in [5, 5.41) is 12.6. The van der Waals surface area contributed by atoms with Crippen LogP contribution in [0.5, 0.6) is 0 Å². The third kappa shape index (κ3) is 1.91. The highest BCUT2D eigenvalue weighted by atomic mass is 16.6. The van der Waals surface area contributed by atoms with Crippen molar-refractivity contribution < 1.29 is 14.7 Å². The van der Waals surface area contributed by atoms with Crippen molar-refractivity contribution in [3.63, 3.8) is 0 Å². The van der Waals surface area contributed by atoms with Crippen molar-refractivity contribution >= 4 is 11.7 Å². The molecule has 26 heavy (non-hydrogen) atoms. The lowest BCUT2D eigenvalue weighted by atomic mass is 9.48. The highest BCUT2D eigenvalue weighted by molar-refractivity contribution is 5.96. The molecule has 4 heteroatoms. The smallest absolute Gasteiger partial charge is 0.306 e. The highest BCUT2D eigenvalue weighted by Gasteiger charge is 2.66. The first-order valence-corrected chi connectivity index (χ1v) is 10.3. The van der Waals surface area contributed by atoms with Crippen molar-refractivity contribution in [3.05, 3.63) is 23.8 Å². The van der Waals surface area contributed by atoms with Crippen LogP contribution >= 0.6 is 0 Å². The number of nitrogens with zero attached hydrogens (tertiary/aromatic N) is 1. The number of ether oxygens (including phenoxy) is 1. The minimum absolute atomic E-state index is 0.00784. The van der Waals surface area contributed by atoms with Gasteiger partial charge in [0.15, 0.2) is 0 Å². The molecule has 0 unspecified atom stereocenters. The van der Waals surface area contributed by atoms with Crippen molar-refractivity contribution in [1.29, 1.82) is 0 Å². The third-order valence-corrected chi connectivity index (χ3v) is 8.99. The van der Waals surface area contributed by atoms with E-state index in [4.69, 9.17) is 4.74 Å². The quantitative estimate of drug-likeness (QED) is 0.391. The lowest BCUT2D eigenvalue weighted by Gasteiger charge is -2.57. The van der Waals surface area contributed by atoms with E-state index < -0.39 is 0 Å².